The number of nitrogens with zero attached hydrogens (tertiary/aromatic N) is 5. The zero-order valence-corrected chi connectivity index (χ0v) is 21.1. The van der Waals surface area contributed by atoms with E-state index in [1.807, 2.05) is 0 Å². The molecule has 176 valence electrons. The average Bonchev–Trinajstić information content (AvgIpc) is 3.06. The molecule has 34 heavy (non-hydrogen) atoms. The molecule has 0 saturated carbocycles. The SMILES string of the molecule is Cc1nnc(-c2ccc(OCCOCCC(=O)ON3C(=O)CC(S(=O)(=O)[O-])C3=O)cc2)nn1.[Na+]. The van der Waals surface area contributed by atoms with Gasteiger partial charge in [0.05, 0.1) is 26.1 Å². The van der Waals surface area contributed by atoms with Crippen LogP contribution in [-0.4, -0.2) is 81.3 Å². The van der Waals surface area contributed by atoms with Crippen molar-refractivity contribution < 1.29 is 71.2 Å². The zero-order chi connectivity index (χ0) is 24.0. The van der Waals surface area contributed by atoms with Crippen molar-refractivity contribution in [2.24, 2.45) is 0 Å². The second-order valence-electron chi connectivity index (χ2n) is 6.68. The van der Waals surface area contributed by atoms with Crippen LogP contribution in [0.5, 0.6) is 5.75 Å². The number of hydrogen-bond donors (Lipinski definition) is 0. The maximum absolute atomic E-state index is 11.8. The average molecular weight is 503 g/mol. The molecule has 0 bridgehead atoms. The summed E-state index contributed by atoms with van der Waals surface area (Å²) >= 11 is 0. The number of carbonyl (C=O) groups excluding carboxylic acids is 3. The van der Waals surface area contributed by atoms with Crippen LogP contribution in [0.1, 0.15) is 18.7 Å². The van der Waals surface area contributed by atoms with Crippen LogP contribution in [0.15, 0.2) is 24.3 Å². The molecule has 14 nitrogen and oxygen atoms in total. The van der Waals surface area contributed by atoms with E-state index >= 15 is 0 Å². The van der Waals surface area contributed by atoms with Crippen molar-refractivity contribution in [1.29, 1.82) is 0 Å². The van der Waals surface area contributed by atoms with Crippen molar-refractivity contribution >= 4 is 27.9 Å². The van der Waals surface area contributed by atoms with E-state index in [0.717, 1.165) is 0 Å². The smallest absolute Gasteiger partial charge is 0.747 e. The summed E-state index contributed by atoms with van der Waals surface area (Å²) in [5.74, 6) is -2.06. The van der Waals surface area contributed by atoms with Crippen molar-refractivity contribution in [2.45, 2.75) is 25.0 Å². The van der Waals surface area contributed by atoms with Gasteiger partial charge in [0.25, 0.3) is 11.8 Å². The van der Waals surface area contributed by atoms with E-state index in [4.69, 9.17) is 9.47 Å². The molecule has 1 atom stereocenters. The normalized spacial score (nSPS) is 15.7. The first-order valence-corrected chi connectivity index (χ1v) is 11.0. The molecule has 1 aliphatic rings. The van der Waals surface area contributed by atoms with Crippen LogP contribution in [0, 0.1) is 6.92 Å². The van der Waals surface area contributed by atoms with Crippen molar-refractivity contribution in [2.75, 3.05) is 19.8 Å². The monoisotopic (exact) mass is 503 g/mol. The number of rotatable bonds is 10. The van der Waals surface area contributed by atoms with Crippen molar-refractivity contribution in [3.8, 4) is 17.1 Å². The van der Waals surface area contributed by atoms with E-state index in [1.54, 1.807) is 31.2 Å². The molecular formula is C18H18N5NaO9S. The summed E-state index contributed by atoms with van der Waals surface area (Å²) in [5.41, 5.74) is 0.714. The predicted molar refractivity (Wildman–Crippen MR) is 105 cm³/mol. The molecule has 0 N–H and O–H groups in total. The predicted octanol–water partition coefficient (Wildman–Crippen LogP) is -3.84. The number of imide groups is 1. The number of benzene rings is 1. The minimum Gasteiger partial charge on any atom is -0.747 e. The van der Waals surface area contributed by atoms with E-state index in [2.05, 4.69) is 25.2 Å². The summed E-state index contributed by atoms with van der Waals surface area (Å²) < 4.78 is 43.6. The van der Waals surface area contributed by atoms with Gasteiger partial charge >= 0.3 is 35.5 Å². The molecule has 1 saturated heterocycles. The molecule has 1 aliphatic heterocycles. The molecule has 1 aromatic heterocycles. The molecule has 2 amide bonds. The number of amides is 2. The fourth-order valence-electron chi connectivity index (χ4n) is 2.62. The zero-order valence-electron chi connectivity index (χ0n) is 18.2. The van der Waals surface area contributed by atoms with Gasteiger partial charge in [0, 0.05) is 5.56 Å². The number of hydrogen-bond acceptors (Lipinski definition) is 13. The van der Waals surface area contributed by atoms with E-state index in [9.17, 15) is 27.4 Å². The number of carbonyl (C=O) groups is 3. The van der Waals surface area contributed by atoms with Crippen molar-refractivity contribution in [1.82, 2.24) is 25.5 Å². The van der Waals surface area contributed by atoms with Crippen LogP contribution >= 0.6 is 0 Å². The van der Waals surface area contributed by atoms with Crippen LogP contribution in [0.4, 0.5) is 0 Å². The second kappa shape index (κ2) is 12.2. The molecule has 1 unspecified atom stereocenters. The molecule has 1 aromatic carbocycles. The van der Waals surface area contributed by atoms with Gasteiger partial charge in [-0.1, -0.05) is 0 Å². The Morgan fingerprint density at radius 2 is 1.74 bits per heavy atom. The molecule has 0 spiro atoms. The van der Waals surface area contributed by atoms with Gasteiger partial charge in [0.1, 0.15) is 27.7 Å². The van der Waals surface area contributed by atoms with Gasteiger partial charge in [-0.05, 0) is 31.2 Å². The first-order valence-electron chi connectivity index (χ1n) is 9.52. The first kappa shape index (κ1) is 27.7. The van der Waals surface area contributed by atoms with Crippen LogP contribution in [0.3, 0.4) is 0 Å². The van der Waals surface area contributed by atoms with Crippen LogP contribution in [-0.2, 0) is 34.1 Å². The molecule has 2 aromatic rings. The van der Waals surface area contributed by atoms with Crippen LogP contribution in [0.25, 0.3) is 11.4 Å². The summed E-state index contributed by atoms with van der Waals surface area (Å²) in [4.78, 5) is 39.7. The van der Waals surface area contributed by atoms with E-state index < -0.39 is 39.6 Å². The summed E-state index contributed by atoms with van der Waals surface area (Å²) in [7, 11) is -5.03. The first-order chi connectivity index (χ1) is 15.6. The molecular weight excluding hydrogens is 485 g/mol. The summed E-state index contributed by atoms with van der Waals surface area (Å²) in [6, 6.07) is 6.89. The Morgan fingerprint density at radius 1 is 1.09 bits per heavy atom. The van der Waals surface area contributed by atoms with Gasteiger partial charge in [-0.25, -0.2) is 13.2 Å². The van der Waals surface area contributed by atoms with E-state index in [1.165, 1.54) is 0 Å². The fraction of sp³-hybridized carbons (Fsp3) is 0.389. The number of aryl methyl sites for hydroxylation is 1. The Bertz CT molecular complexity index is 1130. The molecule has 2 heterocycles. The van der Waals surface area contributed by atoms with Crippen molar-refractivity contribution in [3.63, 3.8) is 0 Å². The molecule has 0 aliphatic carbocycles. The maximum atomic E-state index is 11.8. The molecule has 1 fully saturated rings. The molecule has 16 heteroatoms. The topological polar surface area (TPSA) is 191 Å². The Balaban J connectivity index is 0.00000408. The summed E-state index contributed by atoms with van der Waals surface area (Å²) in [6.07, 6.45) is -1.18. The van der Waals surface area contributed by atoms with E-state index in [-0.39, 0.29) is 60.9 Å². The van der Waals surface area contributed by atoms with Crippen molar-refractivity contribution in [3.05, 3.63) is 30.1 Å². The number of aromatic nitrogens is 4. The third kappa shape index (κ3) is 7.48. The van der Waals surface area contributed by atoms with Crippen LogP contribution in [0.2, 0.25) is 0 Å². The second-order valence-corrected chi connectivity index (χ2v) is 8.24. The minimum absolute atomic E-state index is 0. The Kier molecular flexibility index (Phi) is 9.96. The van der Waals surface area contributed by atoms with Gasteiger partial charge in [-0.15, -0.1) is 25.5 Å². The maximum Gasteiger partial charge on any atom is 1.00 e. The summed E-state index contributed by atoms with van der Waals surface area (Å²) in [6.45, 7) is 1.87. The Morgan fingerprint density at radius 3 is 2.32 bits per heavy atom. The number of hydroxylamine groups is 2. The Hall–Kier alpha value is -2.56. The van der Waals surface area contributed by atoms with Gasteiger partial charge < -0.3 is 18.9 Å². The standard InChI is InChI=1S/C18H19N5O9S.Na/c1-11-19-21-17(22-20-11)12-2-4-13(5-3-12)31-9-8-30-7-6-16(25)32-23-15(24)10-14(18(23)26)33(27,28)29;/h2-5,14H,6-10H2,1H3,(H,27,28,29);/q;+1/p-1. The summed E-state index contributed by atoms with van der Waals surface area (Å²) in [5, 5.41) is 13.5. The molecule has 3 rings (SSSR count). The molecule has 0 radical (unpaired) electrons. The quantitative estimate of drug-likeness (QED) is 0.133. The van der Waals surface area contributed by atoms with Gasteiger partial charge in [-0.2, -0.15) is 0 Å². The van der Waals surface area contributed by atoms with Gasteiger partial charge in [0.15, 0.2) is 5.82 Å². The minimum atomic E-state index is -5.03. The number of ether oxygens (including phenoxy) is 2. The van der Waals surface area contributed by atoms with Gasteiger partial charge in [-0.3, -0.25) is 9.59 Å². The third-order valence-electron chi connectivity index (χ3n) is 4.24. The largest absolute Gasteiger partial charge is 1.00 e. The van der Waals surface area contributed by atoms with Crippen LogP contribution < -0.4 is 34.3 Å². The Labute approximate surface area is 216 Å². The van der Waals surface area contributed by atoms with Gasteiger partial charge in [0.2, 0.25) is 5.82 Å². The van der Waals surface area contributed by atoms with E-state index in [0.29, 0.717) is 23.0 Å². The fourth-order valence-corrected chi connectivity index (χ4v) is 3.31. The third-order valence-corrected chi connectivity index (χ3v) is 5.31.